The van der Waals surface area contributed by atoms with E-state index in [2.05, 4.69) is 15.0 Å². The van der Waals surface area contributed by atoms with E-state index >= 15 is 0 Å². The van der Waals surface area contributed by atoms with Crippen LogP contribution >= 0.6 is 0 Å². The average molecular weight is 363 g/mol. The number of amides is 1. The van der Waals surface area contributed by atoms with Crippen LogP contribution in [0.1, 0.15) is 25.8 Å². The molecule has 1 aromatic heterocycles. The Kier molecular flexibility index (Phi) is 6.49. The summed E-state index contributed by atoms with van der Waals surface area (Å²) in [4.78, 5) is 15.7. The van der Waals surface area contributed by atoms with E-state index in [1.807, 2.05) is 6.92 Å². The number of rotatable bonds is 8. The molecule has 1 aromatic carbocycles. The van der Waals surface area contributed by atoms with Gasteiger partial charge in [0.15, 0.2) is 0 Å². The third-order valence-corrected chi connectivity index (χ3v) is 4.74. The van der Waals surface area contributed by atoms with Gasteiger partial charge in [0.1, 0.15) is 5.75 Å². The summed E-state index contributed by atoms with van der Waals surface area (Å²) in [5.74, 6) is 0.203. The first-order chi connectivity index (χ1) is 12.0. The average Bonchev–Trinajstić information content (AvgIpc) is 2.62. The molecule has 134 valence electrons. The smallest absolute Gasteiger partial charge is 0.240 e. The Morgan fingerprint density at radius 2 is 2.04 bits per heavy atom. The maximum Gasteiger partial charge on any atom is 0.240 e. The fourth-order valence-electron chi connectivity index (χ4n) is 2.06. The molecule has 0 fully saturated rings. The van der Waals surface area contributed by atoms with Crippen molar-refractivity contribution >= 4 is 21.6 Å². The van der Waals surface area contributed by atoms with Crippen molar-refractivity contribution in [2.24, 2.45) is 0 Å². The van der Waals surface area contributed by atoms with Crippen LogP contribution < -0.4 is 14.8 Å². The molecule has 25 heavy (non-hydrogen) atoms. The van der Waals surface area contributed by atoms with Gasteiger partial charge in [-0.25, -0.2) is 13.1 Å². The number of benzene rings is 1. The van der Waals surface area contributed by atoms with Crippen molar-refractivity contribution in [3.8, 4) is 5.75 Å². The Bertz CT molecular complexity index is 823. The van der Waals surface area contributed by atoms with Gasteiger partial charge in [-0.05, 0) is 36.8 Å². The number of hydrogen-bond donors (Lipinski definition) is 2. The zero-order chi connectivity index (χ0) is 18.3. The number of nitrogens with one attached hydrogen (secondary N) is 2. The Morgan fingerprint density at radius 1 is 1.24 bits per heavy atom. The molecule has 0 saturated heterocycles. The lowest BCUT2D eigenvalue weighted by molar-refractivity contribution is -0.115. The molecule has 2 rings (SSSR count). The number of carbonyl (C=O) groups excluding carboxylic acids is 1. The standard InChI is InChI=1S/C17H21N3O4S/c1-3-17(21)20-15-10-14(7-8-16(15)24-4-2)25(22,23)19-12-13-6-5-9-18-11-13/h5-11,19H,3-4,12H2,1-2H3,(H,20,21). The highest BCUT2D eigenvalue weighted by atomic mass is 32.2. The van der Waals surface area contributed by atoms with E-state index in [9.17, 15) is 13.2 Å². The molecule has 0 aliphatic rings. The van der Waals surface area contributed by atoms with Gasteiger partial charge >= 0.3 is 0 Å². The van der Waals surface area contributed by atoms with Gasteiger partial charge in [-0.3, -0.25) is 9.78 Å². The lowest BCUT2D eigenvalue weighted by Crippen LogP contribution is -2.23. The molecule has 7 nitrogen and oxygen atoms in total. The van der Waals surface area contributed by atoms with Crippen LogP contribution in [0.4, 0.5) is 5.69 Å². The first-order valence-corrected chi connectivity index (χ1v) is 9.39. The molecule has 8 heteroatoms. The van der Waals surface area contributed by atoms with Gasteiger partial charge < -0.3 is 10.1 Å². The monoisotopic (exact) mass is 363 g/mol. The van der Waals surface area contributed by atoms with E-state index in [-0.39, 0.29) is 23.8 Å². The number of pyridine rings is 1. The third kappa shape index (κ3) is 5.27. The summed E-state index contributed by atoms with van der Waals surface area (Å²) in [6.07, 6.45) is 3.49. The van der Waals surface area contributed by atoms with Crippen molar-refractivity contribution < 1.29 is 17.9 Å². The number of hydrogen-bond acceptors (Lipinski definition) is 5. The van der Waals surface area contributed by atoms with Crippen LogP contribution in [0.15, 0.2) is 47.6 Å². The van der Waals surface area contributed by atoms with Gasteiger partial charge in [0.2, 0.25) is 15.9 Å². The molecular weight excluding hydrogens is 342 g/mol. The number of sulfonamides is 1. The Balaban J connectivity index is 2.24. The van der Waals surface area contributed by atoms with Crippen LogP contribution in [-0.2, 0) is 21.4 Å². The molecule has 0 atom stereocenters. The minimum absolute atomic E-state index is 0.0475. The first kappa shape index (κ1) is 18.9. The van der Waals surface area contributed by atoms with Crippen LogP contribution in [0.5, 0.6) is 5.75 Å². The summed E-state index contributed by atoms with van der Waals surface area (Å²) < 4.78 is 33.0. The molecule has 0 saturated carbocycles. The molecule has 2 aromatic rings. The van der Waals surface area contributed by atoms with Crippen LogP contribution in [-0.4, -0.2) is 25.9 Å². The molecular formula is C17H21N3O4S. The van der Waals surface area contributed by atoms with Crippen LogP contribution in [0.3, 0.4) is 0 Å². The van der Waals surface area contributed by atoms with Gasteiger partial charge in [0.25, 0.3) is 0 Å². The van der Waals surface area contributed by atoms with Crippen molar-refractivity contribution in [1.82, 2.24) is 9.71 Å². The SMILES string of the molecule is CCOc1ccc(S(=O)(=O)NCc2cccnc2)cc1NC(=O)CC. The first-order valence-electron chi connectivity index (χ1n) is 7.91. The normalized spacial score (nSPS) is 11.1. The zero-order valence-electron chi connectivity index (χ0n) is 14.2. The van der Waals surface area contributed by atoms with Gasteiger partial charge in [0.05, 0.1) is 17.2 Å². The highest BCUT2D eigenvalue weighted by Crippen LogP contribution is 2.28. The van der Waals surface area contributed by atoms with Crippen molar-refractivity contribution in [3.05, 3.63) is 48.3 Å². The second-order valence-electron chi connectivity index (χ2n) is 5.18. The molecule has 0 bridgehead atoms. The van der Waals surface area contributed by atoms with Gasteiger partial charge in [-0.1, -0.05) is 13.0 Å². The maximum atomic E-state index is 12.5. The van der Waals surface area contributed by atoms with Gasteiger partial charge in [-0.2, -0.15) is 0 Å². The molecule has 1 amide bonds. The predicted molar refractivity (Wildman–Crippen MR) is 94.8 cm³/mol. The van der Waals surface area contributed by atoms with Crippen molar-refractivity contribution in [2.75, 3.05) is 11.9 Å². The van der Waals surface area contributed by atoms with E-state index in [4.69, 9.17) is 4.74 Å². The van der Waals surface area contributed by atoms with E-state index in [1.165, 1.54) is 18.2 Å². The third-order valence-electron chi connectivity index (χ3n) is 3.35. The summed E-state index contributed by atoms with van der Waals surface area (Å²) in [5, 5.41) is 2.67. The lowest BCUT2D eigenvalue weighted by Gasteiger charge is -2.13. The Morgan fingerprint density at radius 3 is 2.68 bits per heavy atom. The summed E-state index contributed by atoms with van der Waals surface area (Å²) in [6, 6.07) is 7.88. The lowest BCUT2D eigenvalue weighted by atomic mass is 10.3. The minimum atomic E-state index is -3.74. The quantitative estimate of drug-likeness (QED) is 0.750. The molecule has 0 aliphatic heterocycles. The van der Waals surface area contributed by atoms with E-state index in [1.54, 1.807) is 31.5 Å². The molecule has 0 aliphatic carbocycles. The molecule has 1 heterocycles. The number of anilines is 1. The number of ether oxygens (including phenoxy) is 1. The number of aromatic nitrogens is 1. The predicted octanol–water partition coefficient (Wildman–Crippen LogP) is 2.31. The topological polar surface area (TPSA) is 97.4 Å². The molecule has 0 spiro atoms. The molecule has 2 N–H and O–H groups in total. The fourth-order valence-corrected chi connectivity index (χ4v) is 3.10. The Labute approximate surface area is 147 Å². The molecule has 0 unspecified atom stereocenters. The van der Waals surface area contributed by atoms with Crippen molar-refractivity contribution in [1.29, 1.82) is 0 Å². The van der Waals surface area contributed by atoms with Crippen LogP contribution in [0, 0.1) is 0 Å². The second kappa shape index (κ2) is 8.59. The minimum Gasteiger partial charge on any atom is -0.492 e. The van der Waals surface area contributed by atoms with Crippen molar-refractivity contribution in [2.45, 2.75) is 31.7 Å². The summed E-state index contributed by atoms with van der Waals surface area (Å²) in [6.45, 7) is 4.05. The van der Waals surface area contributed by atoms with E-state index in [0.717, 1.165) is 5.56 Å². The Hall–Kier alpha value is -2.45. The fraction of sp³-hybridized carbons (Fsp3) is 0.294. The van der Waals surface area contributed by atoms with E-state index < -0.39 is 10.0 Å². The van der Waals surface area contributed by atoms with Crippen molar-refractivity contribution in [3.63, 3.8) is 0 Å². The second-order valence-corrected chi connectivity index (χ2v) is 6.95. The van der Waals surface area contributed by atoms with Gasteiger partial charge in [0, 0.05) is 25.4 Å². The highest BCUT2D eigenvalue weighted by Gasteiger charge is 2.17. The van der Waals surface area contributed by atoms with E-state index in [0.29, 0.717) is 18.0 Å². The van der Waals surface area contributed by atoms with Gasteiger partial charge in [-0.15, -0.1) is 0 Å². The molecule has 0 radical (unpaired) electrons. The van der Waals surface area contributed by atoms with Crippen LogP contribution in [0.25, 0.3) is 0 Å². The number of carbonyl (C=O) groups is 1. The summed E-state index contributed by atoms with van der Waals surface area (Å²) >= 11 is 0. The summed E-state index contributed by atoms with van der Waals surface area (Å²) in [5.41, 5.74) is 1.08. The zero-order valence-corrected chi connectivity index (χ0v) is 15.0. The highest BCUT2D eigenvalue weighted by molar-refractivity contribution is 7.89. The van der Waals surface area contributed by atoms with Crippen LogP contribution in [0.2, 0.25) is 0 Å². The maximum absolute atomic E-state index is 12.5. The largest absolute Gasteiger partial charge is 0.492 e. The number of nitrogens with zero attached hydrogens (tertiary/aromatic N) is 1. The summed E-state index contributed by atoms with van der Waals surface area (Å²) in [7, 11) is -3.74.